The molecule has 0 amide bonds. The van der Waals surface area contributed by atoms with Crippen LogP contribution in [0.4, 0.5) is 0 Å². The average Bonchev–Trinajstić information content (AvgIpc) is 2.79. The molecule has 2 aromatic carbocycles. The number of nitrogens with two attached hydrogens (primary N) is 2. The van der Waals surface area contributed by atoms with Gasteiger partial charge in [0.05, 0.1) is 0 Å². The summed E-state index contributed by atoms with van der Waals surface area (Å²) in [4.78, 5) is 0. The van der Waals surface area contributed by atoms with Gasteiger partial charge in [0.1, 0.15) is 11.7 Å². The first-order valence-electron chi connectivity index (χ1n) is 10.8. The second-order valence-electron chi connectivity index (χ2n) is 6.28. The summed E-state index contributed by atoms with van der Waals surface area (Å²) in [6, 6.07) is 15.5. The maximum absolute atomic E-state index is 7.38. The van der Waals surface area contributed by atoms with E-state index in [1.807, 2.05) is 76.2 Å². The van der Waals surface area contributed by atoms with Crippen LogP contribution in [0.2, 0.25) is 0 Å². The van der Waals surface area contributed by atoms with Gasteiger partial charge < -0.3 is 22.1 Å². The molecule has 166 valence electrons. The number of hydrogen-bond acceptors (Lipinski definition) is 4. The van der Waals surface area contributed by atoms with E-state index in [0.29, 0.717) is 0 Å². The van der Waals surface area contributed by atoms with Gasteiger partial charge in [-0.15, -0.1) is 0 Å². The molecule has 0 saturated carbocycles. The molecule has 0 bridgehead atoms. The third kappa shape index (κ3) is 11.3. The Morgan fingerprint density at radius 2 is 0.933 bits per heavy atom. The van der Waals surface area contributed by atoms with E-state index >= 15 is 0 Å². The van der Waals surface area contributed by atoms with E-state index in [9.17, 15) is 0 Å². The summed E-state index contributed by atoms with van der Waals surface area (Å²) >= 11 is 0. The Morgan fingerprint density at radius 1 is 0.633 bits per heavy atom. The third-order valence-electron chi connectivity index (χ3n) is 4.15. The van der Waals surface area contributed by atoms with Crippen LogP contribution >= 0.6 is 0 Å². The summed E-state index contributed by atoms with van der Waals surface area (Å²) in [5.41, 5.74) is 14.8. The summed E-state index contributed by atoms with van der Waals surface area (Å²) in [5, 5.41) is 21.6. The zero-order valence-corrected chi connectivity index (χ0v) is 19.0. The van der Waals surface area contributed by atoms with E-state index in [1.165, 1.54) is 11.1 Å². The van der Waals surface area contributed by atoms with Crippen LogP contribution in [0.25, 0.3) is 0 Å². The van der Waals surface area contributed by atoms with Crippen LogP contribution in [0.5, 0.6) is 0 Å². The Morgan fingerprint density at radius 3 is 1.20 bits per heavy atom. The van der Waals surface area contributed by atoms with Gasteiger partial charge in [-0.3, -0.25) is 10.8 Å². The molecule has 0 aliphatic rings. The summed E-state index contributed by atoms with van der Waals surface area (Å²) in [6.07, 6.45) is 2.23. The lowest BCUT2D eigenvalue weighted by atomic mass is 10.1. The van der Waals surface area contributed by atoms with Crippen LogP contribution in [0, 0.1) is 10.8 Å². The number of unbranched alkanes of at least 4 members (excludes halogenated alkanes) is 1. The van der Waals surface area contributed by atoms with Crippen molar-refractivity contribution < 1.29 is 0 Å². The summed E-state index contributed by atoms with van der Waals surface area (Å²) < 4.78 is 0. The molecule has 0 atom stereocenters. The van der Waals surface area contributed by atoms with Crippen LogP contribution < -0.4 is 22.1 Å². The molecule has 6 nitrogen and oxygen atoms in total. The fraction of sp³-hybridized carbons (Fsp3) is 0.417. The minimum Gasteiger partial charge on any atom is -0.384 e. The molecule has 2 rings (SSSR count). The van der Waals surface area contributed by atoms with Gasteiger partial charge in [0.2, 0.25) is 0 Å². The average molecular weight is 413 g/mol. The van der Waals surface area contributed by atoms with Crippen LogP contribution in [0.15, 0.2) is 48.5 Å². The number of amidine groups is 2. The summed E-state index contributed by atoms with van der Waals surface area (Å²) in [6.45, 7) is 11.6. The second-order valence-corrected chi connectivity index (χ2v) is 6.28. The molecule has 30 heavy (non-hydrogen) atoms. The van der Waals surface area contributed by atoms with E-state index < -0.39 is 0 Å². The van der Waals surface area contributed by atoms with Crippen LogP contribution in [-0.2, 0) is 13.1 Å². The van der Waals surface area contributed by atoms with Crippen molar-refractivity contribution in [3.8, 4) is 0 Å². The van der Waals surface area contributed by atoms with Crippen molar-refractivity contribution in [1.82, 2.24) is 10.6 Å². The van der Waals surface area contributed by atoms with Gasteiger partial charge in [-0.1, -0.05) is 76.2 Å². The van der Waals surface area contributed by atoms with Crippen LogP contribution in [0.3, 0.4) is 0 Å². The van der Waals surface area contributed by atoms with Crippen molar-refractivity contribution >= 4 is 11.7 Å². The summed E-state index contributed by atoms with van der Waals surface area (Å²) in [7, 11) is 0. The lowest BCUT2D eigenvalue weighted by Gasteiger charge is -2.08. The lowest BCUT2D eigenvalue weighted by Crippen LogP contribution is -2.19. The minimum atomic E-state index is 0.104. The third-order valence-corrected chi connectivity index (χ3v) is 4.15. The number of nitrogen functional groups attached to an aromatic ring is 2. The molecule has 0 spiro atoms. The van der Waals surface area contributed by atoms with E-state index in [0.717, 1.165) is 50.1 Å². The van der Waals surface area contributed by atoms with Gasteiger partial charge in [0.25, 0.3) is 0 Å². The topological polar surface area (TPSA) is 124 Å². The van der Waals surface area contributed by atoms with Gasteiger partial charge in [0.15, 0.2) is 0 Å². The molecule has 6 heteroatoms. The van der Waals surface area contributed by atoms with Gasteiger partial charge in [-0.25, -0.2) is 0 Å². The maximum atomic E-state index is 7.38. The zero-order chi connectivity index (χ0) is 22.8. The first-order chi connectivity index (χ1) is 14.6. The molecule has 0 saturated heterocycles. The highest BCUT2D eigenvalue weighted by Gasteiger charge is 1.98. The summed E-state index contributed by atoms with van der Waals surface area (Å²) in [5.74, 6) is 0.207. The standard InChI is InChI=1S/C20H28N6.2C2H6/c21-19(22)17-7-3-15(4-8-17)13-25-11-1-2-12-26-14-16-5-9-18(10-6-16)20(23)24;2*1-2/h3-10,25-26H,1-2,11-14H2,(H3,21,22)(H3,23,24);2*1-2H3. The Labute approximate surface area is 182 Å². The zero-order valence-electron chi connectivity index (χ0n) is 19.0. The SMILES string of the molecule is CC.CC.N=C(N)c1ccc(CNCCCCNCc2ccc(C(=N)N)cc2)cc1. The van der Waals surface area contributed by atoms with E-state index in [2.05, 4.69) is 10.6 Å². The normalized spacial score (nSPS) is 9.60. The fourth-order valence-corrected chi connectivity index (χ4v) is 2.57. The van der Waals surface area contributed by atoms with Crippen molar-refractivity contribution in [3.05, 3.63) is 70.8 Å². The fourth-order valence-electron chi connectivity index (χ4n) is 2.57. The highest BCUT2D eigenvalue weighted by atomic mass is 14.9. The molecule has 0 aromatic heterocycles. The number of hydrogen-bond donors (Lipinski definition) is 6. The first-order valence-corrected chi connectivity index (χ1v) is 10.8. The highest BCUT2D eigenvalue weighted by molar-refractivity contribution is 5.95. The number of nitrogens with one attached hydrogen (secondary N) is 4. The second kappa shape index (κ2) is 17.2. The number of benzene rings is 2. The van der Waals surface area contributed by atoms with Crippen molar-refractivity contribution in [2.24, 2.45) is 11.5 Å². The molecule has 8 N–H and O–H groups in total. The van der Waals surface area contributed by atoms with E-state index in [4.69, 9.17) is 22.3 Å². The van der Waals surface area contributed by atoms with E-state index in [1.54, 1.807) is 0 Å². The van der Waals surface area contributed by atoms with Crippen molar-refractivity contribution in [3.63, 3.8) is 0 Å². The molecular formula is C24H40N6. The molecule has 0 aliphatic heterocycles. The predicted octanol–water partition coefficient (Wildman–Crippen LogP) is 3.97. The van der Waals surface area contributed by atoms with Crippen molar-refractivity contribution in [1.29, 1.82) is 10.8 Å². The maximum Gasteiger partial charge on any atom is 0.122 e. The Hall–Kier alpha value is -2.70. The molecule has 0 fully saturated rings. The van der Waals surface area contributed by atoms with Crippen LogP contribution in [0.1, 0.15) is 62.8 Å². The molecule has 0 heterocycles. The first kappa shape index (κ1) is 27.3. The van der Waals surface area contributed by atoms with E-state index in [-0.39, 0.29) is 11.7 Å². The highest BCUT2D eigenvalue weighted by Crippen LogP contribution is 2.04. The van der Waals surface area contributed by atoms with Gasteiger partial charge in [-0.05, 0) is 37.1 Å². The number of rotatable bonds is 11. The Kier molecular flexibility index (Phi) is 15.6. The largest absolute Gasteiger partial charge is 0.384 e. The van der Waals surface area contributed by atoms with Gasteiger partial charge in [-0.2, -0.15) is 0 Å². The molecular weight excluding hydrogens is 372 g/mol. The van der Waals surface area contributed by atoms with Gasteiger partial charge in [0, 0.05) is 24.2 Å². The molecule has 0 aliphatic carbocycles. The molecule has 0 unspecified atom stereocenters. The molecule has 2 aromatic rings. The quantitative estimate of drug-likeness (QED) is 0.190. The smallest absolute Gasteiger partial charge is 0.122 e. The van der Waals surface area contributed by atoms with Crippen molar-refractivity contribution in [2.75, 3.05) is 13.1 Å². The molecule has 0 radical (unpaired) electrons. The Bertz CT molecular complexity index is 644. The predicted molar refractivity (Wildman–Crippen MR) is 130 cm³/mol. The monoisotopic (exact) mass is 412 g/mol. The van der Waals surface area contributed by atoms with Crippen molar-refractivity contribution in [2.45, 2.75) is 53.6 Å². The minimum absolute atomic E-state index is 0.104. The Balaban J connectivity index is 0.00000198. The van der Waals surface area contributed by atoms with Crippen LogP contribution in [-0.4, -0.2) is 24.8 Å². The lowest BCUT2D eigenvalue weighted by molar-refractivity contribution is 0.582. The van der Waals surface area contributed by atoms with Gasteiger partial charge >= 0.3 is 0 Å².